The Balaban J connectivity index is 2.62. The number of likely N-dealkylation sites (N-methyl/N-ethyl adjacent to an activating group) is 1. The van der Waals surface area contributed by atoms with Crippen LogP contribution in [-0.4, -0.2) is 47.4 Å². The van der Waals surface area contributed by atoms with Gasteiger partial charge in [-0.25, -0.2) is 4.79 Å². The van der Waals surface area contributed by atoms with E-state index in [1.54, 1.807) is 12.1 Å². The molecular weight excluding hydrogens is 272 g/mol. The molecule has 0 heterocycles. The van der Waals surface area contributed by atoms with Gasteiger partial charge in [0.05, 0.1) is 6.54 Å². The smallest absolute Gasteiger partial charge is 0.326 e. The minimum absolute atomic E-state index is 0.236. The van der Waals surface area contributed by atoms with Crippen LogP contribution in [0.5, 0.6) is 0 Å². The van der Waals surface area contributed by atoms with E-state index in [1.165, 1.54) is 14.0 Å². The summed E-state index contributed by atoms with van der Waals surface area (Å²) in [7, 11) is 1.39. The van der Waals surface area contributed by atoms with Gasteiger partial charge in [0.25, 0.3) is 5.91 Å². The number of aryl methyl sites for hydroxylation is 2. The van der Waals surface area contributed by atoms with Gasteiger partial charge in [0.2, 0.25) is 5.91 Å². The number of aliphatic carboxylic acids is 1. The highest BCUT2D eigenvalue weighted by molar-refractivity contribution is 5.97. The number of nitrogens with zero attached hydrogens (tertiary/aromatic N) is 1. The Hall–Kier alpha value is -2.37. The largest absolute Gasteiger partial charge is 0.480 e. The maximum absolute atomic E-state index is 11.9. The van der Waals surface area contributed by atoms with Crippen molar-refractivity contribution in [2.45, 2.75) is 26.8 Å². The van der Waals surface area contributed by atoms with E-state index in [2.05, 4.69) is 5.32 Å². The van der Waals surface area contributed by atoms with Crippen molar-refractivity contribution >= 4 is 17.8 Å². The Morgan fingerprint density at radius 2 is 1.86 bits per heavy atom. The Bertz CT molecular complexity index is 569. The number of benzene rings is 1. The van der Waals surface area contributed by atoms with E-state index in [4.69, 9.17) is 5.11 Å². The molecule has 0 spiro atoms. The van der Waals surface area contributed by atoms with Gasteiger partial charge in [-0.05, 0) is 44.0 Å². The van der Waals surface area contributed by atoms with Gasteiger partial charge in [-0.3, -0.25) is 9.59 Å². The van der Waals surface area contributed by atoms with Gasteiger partial charge in [-0.15, -0.1) is 0 Å². The van der Waals surface area contributed by atoms with Crippen LogP contribution in [0.2, 0.25) is 0 Å². The fourth-order valence-electron chi connectivity index (χ4n) is 1.65. The Morgan fingerprint density at radius 3 is 2.38 bits per heavy atom. The van der Waals surface area contributed by atoms with E-state index in [-0.39, 0.29) is 12.5 Å². The lowest BCUT2D eigenvalue weighted by atomic mass is 10.1. The fraction of sp³-hybridized carbons (Fsp3) is 0.400. The van der Waals surface area contributed by atoms with Crippen molar-refractivity contribution in [2.75, 3.05) is 13.6 Å². The summed E-state index contributed by atoms with van der Waals surface area (Å²) in [5.74, 6) is -1.91. The van der Waals surface area contributed by atoms with Crippen molar-refractivity contribution in [2.24, 2.45) is 0 Å². The molecule has 0 radical (unpaired) electrons. The quantitative estimate of drug-likeness (QED) is 0.846. The first-order valence-electron chi connectivity index (χ1n) is 6.58. The number of hydrogen-bond acceptors (Lipinski definition) is 3. The zero-order valence-electron chi connectivity index (χ0n) is 12.6. The molecule has 114 valence electrons. The van der Waals surface area contributed by atoms with Gasteiger partial charge in [0, 0.05) is 12.6 Å². The van der Waals surface area contributed by atoms with Crippen molar-refractivity contribution in [3.8, 4) is 0 Å². The van der Waals surface area contributed by atoms with Crippen molar-refractivity contribution in [1.82, 2.24) is 10.2 Å². The molecule has 1 aromatic rings. The summed E-state index contributed by atoms with van der Waals surface area (Å²) in [4.78, 5) is 35.6. The molecule has 2 amide bonds. The van der Waals surface area contributed by atoms with E-state index in [9.17, 15) is 14.4 Å². The average molecular weight is 292 g/mol. The van der Waals surface area contributed by atoms with E-state index < -0.39 is 17.9 Å². The van der Waals surface area contributed by atoms with Crippen molar-refractivity contribution in [3.63, 3.8) is 0 Å². The molecule has 2 N–H and O–H groups in total. The van der Waals surface area contributed by atoms with Crippen LogP contribution in [0.15, 0.2) is 18.2 Å². The first-order chi connectivity index (χ1) is 9.73. The molecule has 0 saturated carbocycles. The van der Waals surface area contributed by atoms with Crippen LogP contribution >= 0.6 is 0 Å². The second-order valence-electron chi connectivity index (χ2n) is 5.00. The van der Waals surface area contributed by atoms with Crippen LogP contribution in [0, 0.1) is 13.8 Å². The van der Waals surface area contributed by atoms with Gasteiger partial charge >= 0.3 is 5.97 Å². The molecule has 1 unspecified atom stereocenters. The maximum atomic E-state index is 11.9. The lowest BCUT2D eigenvalue weighted by Gasteiger charge is -2.21. The van der Waals surface area contributed by atoms with Gasteiger partial charge in [0.1, 0.15) is 6.04 Å². The van der Waals surface area contributed by atoms with Crippen LogP contribution in [0.25, 0.3) is 0 Å². The van der Waals surface area contributed by atoms with Gasteiger partial charge in [0.15, 0.2) is 0 Å². The molecular formula is C15H20N2O4. The summed E-state index contributed by atoms with van der Waals surface area (Å²) in [5.41, 5.74) is 2.54. The number of carbonyl (C=O) groups excluding carboxylic acids is 2. The lowest BCUT2D eigenvalue weighted by Crippen LogP contribution is -2.45. The molecule has 0 aromatic heterocycles. The normalized spacial score (nSPS) is 11.6. The topological polar surface area (TPSA) is 86.7 Å². The number of carboxylic acid groups (broad SMARTS) is 1. The third-order valence-corrected chi connectivity index (χ3v) is 3.50. The van der Waals surface area contributed by atoms with Crippen LogP contribution in [0.3, 0.4) is 0 Å². The minimum Gasteiger partial charge on any atom is -0.480 e. The summed E-state index contributed by atoms with van der Waals surface area (Å²) in [5, 5.41) is 11.3. The summed E-state index contributed by atoms with van der Waals surface area (Å²) in [6.07, 6.45) is 0. The first kappa shape index (κ1) is 16.7. The predicted octanol–water partition coefficient (Wildman–Crippen LogP) is 0.965. The average Bonchev–Trinajstić information content (AvgIpc) is 2.45. The monoisotopic (exact) mass is 292 g/mol. The molecule has 21 heavy (non-hydrogen) atoms. The standard InChI is InChI=1S/C15H20N2O4/c1-9-5-6-12(7-10(9)2)14(19)16-8-13(18)17(4)11(3)15(20)21/h5-7,11H,8H2,1-4H3,(H,16,19)(H,20,21). The van der Waals surface area contributed by atoms with Crippen LogP contribution < -0.4 is 5.32 Å². The molecule has 0 aliphatic heterocycles. The zero-order chi connectivity index (χ0) is 16.2. The number of amides is 2. The highest BCUT2D eigenvalue weighted by Crippen LogP contribution is 2.09. The second kappa shape index (κ2) is 6.88. The molecule has 6 nitrogen and oxygen atoms in total. The molecule has 1 aromatic carbocycles. The molecule has 6 heteroatoms. The number of carbonyl (C=O) groups is 3. The third kappa shape index (κ3) is 4.30. The Kier molecular flexibility index (Phi) is 5.46. The number of carboxylic acids is 1. The van der Waals surface area contributed by atoms with Crippen molar-refractivity contribution < 1.29 is 19.5 Å². The Morgan fingerprint density at radius 1 is 1.24 bits per heavy atom. The summed E-state index contributed by atoms with van der Waals surface area (Å²) < 4.78 is 0. The van der Waals surface area contributed by atoms with E-state index in [1.807, 2.05) is 19.9 Å². The molecule has 1 atom stereocenters. The predicted molar refractivity (Wildman–Crippen MR) is 78.1 cm³/mol. The SMILES string of the molecule is Cc1ccc(C(=O)NCC(=O)N(C)C(C)C(=O)O)cc1C. The van der Waals surface area contributed by atoms with Crippen molar-refractivity contribution in [1.29, 1.82) is 0 Å². The number of hydrogen-bond donors (Lipinski definition) is 2. The van der Waals surface area contributed by atoms with Crippen LogP contribution in [-0.2, 0) is 9.59 Å². The first-order valence-corrected chi connectivity index (χ1v) is 6.58. The molecule has 0 saturated heterocycles. The van der Waals surface area contributed by atoms with Crippen LogP contribution in [0.1, 0.15) is 28.4 Å². The zero-order valence-corrected chi connectivity index (χ0v) is 12.6. The lowest BCUT2D eigenvalue weighted by molar-refractivity contribution is -0.147. The van der Waals surface area contributed by atoms with E-state index in [0.29, 0.717) is 5.56 Å². The van der Waals surface area contributed by atoms with E-state index >= 15 is 0 Å². The highest BCUT2D eigenvalue weighted by Gasteiger charge is 2.21. The third-order valence-electron chi connectivity index (χ3n) is 3.50. The minimum atomic E-state index is -1.09. The van der Waals surface area contributed by atoms with Gasteiger partial charge < -0.3 is 15.3 Å². The fourth-order valence-corrected chi connectivity index (χ4v) is 1.65. The summed E-state index contributed by atoms with van der Waals surface area (Å²) >= 11 is 0. The second-order valence-corrected chi connectivity index (χ2v) is 5.00. The summed E-state index contributed by atoms with van der Waals surface area (Å²) in [6, 6.07) is 4.34. The van der Waals surface area contributed by atoms with Gasteiger partial charge in [-0.1, -0.05) is 6.07 Å². The number of nitrogens with one attached hydrogen (secondary N) is 1. The van der Waals surface area contributed by atoms with Gasteiger partial charge in [-0.2, -0.15) is 0 Å². The van der Waals surface area contributed by atoms with E-state index in [0.717, 1.165) is 16.0 Å². The summed E-state index contributed by atoms with van der Waals surface area (Å²) in [6.45, 7) is 5.02. The number of rotatable bonds is 5. The van der Waals surface area contributed by atoms with Crippen LogP contribution in [0.4, 0.5) is 0 Å². The molecule has 0 bridgehead atoms. The van der Waals surface area contributed by atoms with Crippen molar-refractivity contribution in [3.05, 3.63) is 34.9 Å². The molecule has 1 rings (SSSR count). The molecule has 0 aliphatic carbocycles. The molecule has 0 aliphatic rings. The highest BCUT2D eigenvalue weighted by atomic mass is 16.4. The molecule has 0 fully saturated rings. The Labute approximate surface area is 123 Å². The maximum Gasteiger partial charge on any atom is 0.326 e.